The van der Waals surface area contributed by atoms with Crippen molar-refractivity contribution in [3.8, 4) is 11.3 Å². The van der Waals surface area contributed by atoms with Gasteiger partial charge in [-0.3, -0.25) is 9.97 Å². The molecule has 2 atom stereocenters. The molecule has 0 N–H and O–H groups in total. The zero-order valence-corrected chi connectivity index (χ0v) is 11.6. The van der Waals surface area contributed by atoms with Crippen molar-refractivity contribution in [1.82, 2.24) is 14.9 Å². The highest BCUT2D eigenvalue weighted by molar-refractivity contribution is 5.60. The summed E-state index contributed by atoms with van der Waals surface area (Å²) < 4.78 is 0. The Morgan fingerprint density at radius 2 is 2.05 bits per heavy atom. The number of pyridine rings is 2. The van der Waals surface area contributed by atoms with Gasteiger partial charge in [-0.25, -0.2) is 0 Å². The maximum absolute atomic E-state index is 4.59. The van der Waals surface area contributed by atoms with Gasteiger partial charge in [-0.05, 0) is 31.3 Å². The molecule has 0 bridgehead atoms. The van der Waals surface area contributed by atoms with Gasteiger partial charge in [0, 0.05) is 49.6 Å². The molecular weight excluding hydrogens is 248 g/mol. The summed E-state index contributed by atoms with van der Waals surface area (Å²) in [6.07, 6.45) is 5.63. The van der Waals surface area contributed by atoms with Gasteiger partial charge in [0.25, 0.3) is 0 Å². The van der Waals surface area contributed by atoms with Crippen LogP contribution in [0.5, 0.6) is 0 Å². The van der Waals surface area contributed by atoms with E-state index in [9.17, 15) is 0 Å². The average Bonchev–Trinajstić information content (AvgIpc) is 2.86. The smallest absolute Gasteiger partial charge is 0.0719 e. The van der Waals surface area contributed by atoms with Crippen LogP contribution < -0.4 is 4.90 Å². The maximum atomic E-state index is 4.59. The Bertz CT molecular complexity index is 596. The predicted octanol–water partition coefficient (Wildman–Crippen LogP) is 1.89. The van der Waals surface area contributed by atoms with Crippen LogP contribution >= 0.6 is 0 Å². The maximum Gasteiger partial charge on any atom is 0.0719 e. The first-order chi connectivity index (χ1) is 9.81. The summed E-state index contributed by atoms with van der Waals surface area (Å²) in [6.45, 7) is 3.54. The third-order valence-electron chi connectivity index (χ3n) is 4.57. The molecule has 0 aromatic carbocycles. The van der Waals surface area contributed by atoms with E-state index in [1.54, 1.807) is 6.20 Å². The number of anilines is 1. The SMILES string of the molecule is CN1C[C@@H]2CN(c3ccc(-c4cccnc4)nc3)C[C@@H]21. The van der Waals surface area contributed by atoms with Crippen molar-refractivity contribution in [2.75, 3.05) is 31.6 Å². The molecule has 0 saturated carbocycles. The van der Waals surface area contributed by atoms with Gasteiger partial charge >= 0.3 is 0 Å². The molecule has 4 rings (SSSR count). The fourth-order valence-corrected chi connectivity index (χ4v) is 3.37. The minimum absolute atomic E-state index is 0.744. The molecule has 0 radical (unpaired) electrons. The van der Waals surface area contributed by atoms with Crippen molar-refractivity contribution in [2.45, 2.75) is 6.04 Å². The molecule has 2 fully saturated rings. The Balaban J connectivity index is 1.54. The fourth-order valence-electron chi connectivity index (χ4n) is 3.37. The lowest BCUT2D eigenvalue weighted by molar-refractivity contribution is 0.0827. The minimum atomic E-state index is 0.744. The second-order valence-electron chi connectivity index (χ2n) is 5.82. The molecule has 2 aliphatic rings. The topological polar surface area (TPSA) is 32.3 Å². The zero-order chi connectivity index (χ0) is 13.5. The van der Waals surface area contributed by atoms with Gasteiger partial charge in [0.1, 0.15) is 0 Å². The largest absolute Gasteiger partial charge is 0.368 e. The van der Waals surface area contributed by atoms with Gasteiger partial charge in [0.2, 0.25) is 0 Å². The highest BCUT2D eigenvalue weighted by atomic mass is 15.3. The van der Waals surface area contributed by atoms with Crippen LogP contribution in [0.4, 0.5) is 5.69 Å². The van der Waals surface area contributed by atoms with Crippen LogP contribution in [-0.4, -0.2) is 47.6 Å². The van der Waals surface area contributed by atoms with E-state index in [4.69, 9.17) is 0 Å². The van der Waals surface area contributed by atoms with E-state index in [2.05, 4.69) is 38.9 Å². The first-order valence-corrected chi connectivity index (χ1v) is 7.13. The van der Waals surface area contributed by atoms with Gasteiger partial charge < -0.3 is 9.80 Å². The van der Waals surface area contributed by atoms with E-state index in [0.29, 0.717) is 0 Å². The van der Waals surface area contributed by atoms with Crippen molar-refractivity contribution in [2.24, 2.45) is 5.92 Å². The van der Waals surface area contributed by atoms with E-state index < -0.39 is 0 Å². The summed E-state index contributed by atoms with van der Waals surface area (Å²) in [7, 11) is 2.22. The van der Waals surface area contributed by atoms with Crippen LogP contribution in [0.2, 0.25) is 0 Å². The van der Waals surface area contributed by atoms with Crippen molar-refractivity contribution in [3.63, 3.8) is 0 Å². The normalized spacial score (nSPS) is 25.4. The van der Waals surface area contributed by atoms with E-state index >= 15 is 0 Å². The Kier molecular flexibility index (Phi) is 2.70. The van der Waals surface area contributed by atoms with E-state index in [1.807, 2.05) is 24.5 Å². The first kappa shape index (κ1) is 11.9. The predicted molar refractivity (Wildman–Crippen MR) is 79.6 cm³/mol. The molecule has 2 aromatic rings. The molecule has 4 nitrogen and oxygen atoms in total. The number of hydrogen-bond donors (Lipinski definition) is 0. The van der Waals surface area contributed by atoms with Gasteiger partial charge in [0.15, 0.2) is 0 Å². The summed E-state index contributed by atoms with van der Waals surface area (Å²) in [5.41, 5.74) is 3.29. The second kappa shape index (κ2) is 4.56. The molecule has 102 valence electrons. The Morgan fingerprint density at radius 1 is 1.10 bits per heavy atom. The first-order valence-electron chi connectivity index (χ1n) is 7.13. The second-order valence-corrected chi connectivity index (χ2v) is 5.82. The summed E-state index contributed by atoms with van der Waals surface area (Å²) in [4.78, 5) is 13.6. The third kappa shape index (κ3) is 1.88. The molecular formula is C16H18N4. The van der Waals surface area contributed by atoms with Crippen LogP contribution in [-0.2, 0) is 0 Å². The van der Waals surface area contributed by atoms with Crippen molar-refractivity contribution < 1.29 is 0 Å². The van der Waals surface area contributed by atoms with Crippen molar-refractivity contribution in [1.29, 1.82) is 0 Å². The number of hydrogen-bond acceptors (Lipinski definition) is 4. The lowest BCUT2D eigenvalue weighted by atomic mass is 9.93. The Morgan fingerprint density at radius 3 is 2.70 bits per heavy atom. The van der Waals surface area contributed by atoms with Crippen LogP contribution in [0.25, 0.3) is 11.3 Å². The Hall–Kier alpha value is -1.94. The molecule has 20 heavy (non-hydrogen) atoms. The van der Waals surface area contributed by atoms with Gasteiger partial charge in [-0.1, -0.05) is 0 Å². The summed E-state index contributed by atoms with van der Waals surface area (Å²) in [5, 5.41) is 0. The number of likely N-dealkylation sites (N-methyl/N-ethyl adjacent to an activating group) is 1. The van der Waals surface area contributed by atoms with Crippen molar-refractivity contribution >= 4 is 5.69 Å². The summed E-state index contributed by atoms with van der Waals surface area (Å²) in [6, 6.07) is 9.00. The average molecular weight is 266 g/mol. The Labute approximate surface area is 119 Å². The van der Waals surface area contributed by atoms with Gasteiger partial charge in [-0.15, -0.1) is 0 Å². The molecule has 2 aromatic heterocycles. The molecule has 4 heteroatoms. The van der Waals surface area contributed by atoms with Crippen LogP contribution in [0.3, 0.4) is 0 Å². The number of likely N-dealkylation sites (tertiary alicyclic amines) is 1. The standard InChI is InChI=1S/C16H18N4/c1-19-9-13-10-20(11-16(13)19)14-4-5-15(18-8-14)12-3-2-6-17-7-12/h2-8,13,16H,9-11H2,1H3/t13-,16+/m1/s1. The van der Waals surface area contributed by atoms with Crippen LogP contribution in [0.15, 0.2) is 42.9 Å². The molecule has 0 spiro atoms. The van der Waals surface area contributed by atoms with Gasteiger partial charge in [-0.2, -0.15) is 0 Å². The van der Waals surface area contributed by atoms with Crippen LogP contribution in [0, 0.1) is 5.92 Å². The van der Waals surface area contributed by atoms with Gasteiger partial charge in [0.05, 0.1) is 17.6 Å². The monoisotopic (exact) mass is 266 g/mol. The number of rotatable bonds is 2. The summed E-state index contributed by atoms with van der Waals surface area (Å²) in [5.74, 6) is 0.845. The molecule has 2 saturated heterocycles. The van der Waals surface area contributed by atoms with E-state index in [-0.39, 0.29) is 0 Å². The quantitative estimate of drug-likeness (QED) is 0.831. The van der Waals surface area contributed by atoms with Crippen molar-refractivity contribution in [3.05, 3.63) is 42.9 Å². The molecule has 4 heterocycles. The highest BCUT2D eigenvalue weighted by Crippen LogP contribution is 2.33. The highest BCUT2D eigenvalue weighted by Gasteiger charge is 2.43. The molecule has 2 aliphatic heterocycles. The zero-order valence-electron chi connectivity index (χ0n) is 11.6. The number of nitrogens with zero attached hydrogens (tertiary/aromatic N) is 4. The van der Waals surface area contributed by atoms with E-state index in [0.717, 1.165) is 29.8 Å². The van der Waals surface area contributed by atoms with Crippen LogP contribution in [0.1, 0.15) is 0 Å². The lowest BCUT2D eigenvalue weighted by Crippen LogP contribution is -2.52. The fraction of sp³-hybridized carbons (Fsp3) is 0.375. The number of aromatic nitrogens is 2. The third-order valence-corrected chi connectivity index (χ3v) is 4.57. The molecule has 0 amide bonds. The lowest BCUT2D eigenvalue weighted by Gasteiger charge is -2.40. The molecule has 0 unspecified atom stereocenters. The molecule has 0 aliphatic carbocycles. The van der Waals surface area contributed by atoms with E-state index in [1.165, 1.54) is 18.8 Å². The minimum Gasteiger partial charge on any atom is -0.368 e. The number of fused-ring (bicyclic) bond motifs is 1. The summed E-state index contributed by atoms with van der Waals surface area (Å²) >= 11 is 0.